The van der Waals surface area contributed by atoms with Crippen LogP contribution in [0, 0.1) is 0 Å². The lowest BCUT2D eigenvalue weighted by atomic mass is 10.0. The van der Waals surface area contributed by atoms with Crippen LogP contribution in [-0.2, 0) is 0 Å². The quantitative estimate of drug-likeness (QED) is 0.172. The van der Waals surface area contributed by atoms with Crippen LogP contribution in [0.1, 0.15) is 0 Å². The van der Waals surface area contributed by atoms with E-state index >= 15 is 0 Å². The first-order valence-corrected chi connectivity index (χ1v) is 19.7. The minimum atomic E-state index is 1.16. The first kappa shape index (κ1) is 30.5. The average molecular weight is 717 g/mol. The molecule has 0 amide bonds. The fraction of sp³-hybridized carbons (Fsp3) is 0. The van der Waals surface area contributed by atoms with Gasteiger partial charge >= 0.3 is 0 Å². The molecule has 0 N–H and O–H groups in total. The van der Waals surface area contributed by atoms with Crippen LogP contribution in [0.2, 0.25) is 0 Å². The van der Waals surface area contributed by atoms with Crippen LogP contribution in [0.15, 0.2) is 194 Å². The van der Waals surface area contributed by atoms with Crippen LogP contribution in [0.4, 0.5) is 0 Å². The molecule has 12 aromatic rings. The highest BCUT2D eigenvalue weighted by molar-refractivity contribution is 7.25. The van der Waals surface area contributed by atoms with Crippen LogP contribution >= 0.6 is 11.3 Å². The molecule has 2 nitrogen and oxygen atoms in total. The molecule has 3 heterocycles. The third-order valence-corrected chi connectivity index (χ3v) is 12.6. The van der Waals surface area contributed by atoms with Crippen molar-refractivity contribution in [2.75, 3.05) is 0 Å². The number of para-hydroxylation sites is 1. The number of fused-ring (bicyclic) bond motifs is 10. The lowest BCUT2D eigenvalue weighted by Gasteiger charge is -2.12. The first-order valence-electron chi connectivity index (χ1n) is 18.8. The largest absolute Gasteiger partial charge is 0.309 e. The summed E-state index contributed by atoms with van der Waals surface area (Å²) in [4.78, 5) is 0. The van der Waals surface area contributed by atoms with Gasteiger partial charge in [-0.1, -0.05) is 127 Å². The zero-order chi connectivity index (χ0) is 36.0. The molecule has 0 bridgehead atoms. The van der Waals surface area contributed by atoms with E-state index in [0.717, 1.165) is 5.69 Å². The van der Waals surface area contributed by atoms with E-state index in [1.54, 1.807) is 0 Å². The molecule has 9 aromatic carbocycles. The second-order valence-electron chi connectivity index (χ2n) is 14.5. The molecule has 0 spiro atoms. The molecule has 0 fully saturated rings. The van der Waals surface area contributed by atoms with Gasteiger partial charge in [-0.05, 0) is 94.4 Å². The predicted molar refractivity (Wildman–Crippen MR) is 236 cm³/mol. The molecule has 0 aliphatic carbocycles. The van der Waals surface area contributed by atoms with E-state index in [4.69, 9.17) is 0 Å². The van der Waals surface area contributed by atoms with Crippen molar-refractivity contribution in [2.24, 2.45) is 0 Å². The van der Waals surface area contributed by atoms with E-state index < -0.39 is 0 Å². The van der Waals surface area contributed by atoms with Gasteiger partial charge in [-0.2, -0.15) is 0 Å². The molecule has 0 unspecified atom stereocenters. The molecule has 0 radical (unpaired) electrons. The Bertz CT molecular complexity index is 3470. The van der Waals surface area contributed by atoms with Crippen molar-refractivity contribution in [3.05, 3.63) is 194 Å². The zero-order valence-electron chi connectivity index (χ0n) is 29.8. The number of thiophene rings is 1. The normalized spacial score (nSPS) is 12.0. The van der Waals surface area contributed by atoms with Crippen LogP contribution in [-0.4, -0.2) is 9.13 Å². The van der Waals surface area contributed by atoms with E-state index in [2.05, 4.69) is 203 Å². The molecule has 0 aliphatic heterocycles. The first-order chi connectivity index (χ1) is 27.3. The Hall–Kier alpha value is -6.94. The fourth-order valence-electron chi connectivity index (χ4n) is 8.94. The third kappa shape index (κ3) is 4.60. The standard InChI is InChI=1S/C52H32N2S/c1-2-11-33(12-3-1)34-21-25-38(26-22-34)53-48-27-23-37(30-43(48)44-32-52-45(31-50(44)53)41-17-7-9-20-51(41)55-52)36-24-28-49-42(29-36)40-16-6-8-18-47(40)54(49)46-19-10-14-35-13-4-5-15-39(35)46/h1-32H. The molecular weight excluding hydrogens is 685 g/mol. The number of hydrogen-bond acceptors (Lipinski definition) is 1. The number of hydrogen-bond donors (Lipinski definition) is 0. The van der Waals surface area contributed by atoms with E-state index in [9.17, 15) is 0 Å². The summed E-state index contributed by atoms with van der Waals surface area (Å²) in [5.74, 6) is 0. The van der Waals surface area contributed by atoms with Crippen molar-refractivity contribution < 1.29 is 0 Å². The SMILES string of the molecule is c1ccc(-c2ccc(-n3c4ccc(-c5ccc6c(c5)c5ccccc5n6-c5cccc6ccccc56)cc4c4cc5sc6ccccc6c5cc43)cc2)cc1. The summed E-state index contributed by atoms with van der Waals surface area (Å²) in [6.45, 7) is 0. The summed E-state index contributed by atoms with van der Waals surface area (Å²) in [7, 11) is 0. The van der Waals surface area contributed by atoms with Crippen molar-refractivity contribution in [3.63, 3.8) is 0 Å². The average Bonchev–Trinajstić information content (AvgIpc) is 3.89. The van der Waals surface area contributed by atoms with Gasteiger partial charge in [0.25, 0.3) is 0 Å². The third-order valence-electron chi connectivity index (χ3n) is 11.5. The van der Waals surface area contributed by atoms with Crippen LogP contribution in [0.25, 0.3) is 108 Å². The van der Waals surface area contributed by atoms with Gasteiger partial charge in [0.2, 0.25) is 0 Å². The van der Waals surface area contributed by atoms with E-state index in [1.807, 2.05) is 11.3 Å². The molecule has 3 aromatic heterocycles. The molecular formula is C52H32N2S. The minimum Gasteiger partial charge on any atom is -0.309 e. The van der Waals surface area contributed by atoms with Gasteiger partial charge in [0, 0.05) is 52.8 Å². The highest BCUT2D eigenvalue weighted by atomic mass is 32.1. The Morgan fingerprint density at radius 1 is 0.291 bits per heavy atom. The Morgan fingerprint density at radius 2 is 0.873 bits per heavy atom. The van der Waals surface area contributed by atoms with Crippen LogP contribution < -0.4 is 0 Å². The van der Waals surface area contributed by atoms with Crippen molar-refractivity contribution >= 4 is 85.9 Å². The molecule has 0 saturated heterocycles. The summed E-state index contributed by atoms with van der Waals surface area (Å²) in [5.41, 5.74) is 12.1. The van der Waals surface area contributed by atoms with Gasteiger partial charge in [-0.25, -0.2) is 0 Å². The summed E-state index contributed by atoms with van der Waals surface area (Å²) in [6, 6.07) is 71.5. The fourth-order valence-corrected chi connectivity index (χ4v) is 10.1. The van der Waals surface area contributed by atoms with Crippen LogP contribution in [0.5, 0.6) is 0 Å². The van der Waals surface area contributed by atoms with Gasteiger partial charge in [-0.15, -0.1) is 11.3 Å². The number of nitrogens with zero attached hydrogens (tertiary/aromatic N) is 2. The lowest BCUT2D eigenvalue weighted by Crippen LogP contribution is -1.95. The van der Waals surface area contributed by atoms with E-state index in [-0.39, 0.29) is 0 Å². The van der Waals surface area contributed by atoms with Gasteiger partial charge in [0.1, 0.15) is 0 Å². The van der Waals surface area contributed by atoms with Crippen molar-refractivity contribution in [3.8, 4) is 33.6 Å². The van der Waals surface area contributed by atoms with Gasteiger partial charge < -0.3 is 9.13 Å². The Morgan fingerprint density at radius 3 is 1.69 bits per heavy atom. The molecule has 0 aliphatic rings. The van der Waals surface area contributed by atoms with Gasteiger partial charge in [0.05, 0.1) is 27.8 Å². The van der Waals surface area contributed by atoms with E-state index in [0.29, 0.717) is 0 Å². The van der Waals surface area contributed by atoms with Crippen LogP contribution in [0.3, 0.4) is 0 Å². The molecule has 3 heteroatoms. The molecule has 0 atom stereocenters. The van der Waals surface area contributed by atoms with Gasteiger partial charge in [-0.3, -0.25) is 0 Å². The van der Waals surface area contributed by atoms with Crippen molar-refractivity contribution in [1.29, 1.82) is 0 Å². The Kier molecular flexibility index (Phi) is 6.54. The Labute approximate surface area is 321 Å². The monoisotopic (exact) mass is 716 g/mol. The predicted octanol–water partition coefficient (Wildman–Crippen LogP) is 14.7. The highest BCUT2D eigenvalue weighted by Gasteiger charge is 2.19. The van der Waals surface area contributed by atoms with Gasteiger partial charge in [0.15, 0.2) is 0 Å². The van der Waals surface area contributed by atoms with Crippen molar-refractivity contribution in [2.45, 2.75) is 0 Å². The number of benzene rings is 9. The zero-order valence-corrected chi connectivity index (χ0v) is 30.6. The lowest BCUT2D eigenvalue weighted by molar-refractivity contribution is 1.18. The summed E-state index contributed by atoms with van der Waals surface area (Å²) >= 11 is 1.88. The molecule has 256 valence electrons. The summed E-state index contributed by atoms with van der Waals surface area (Å²) in [5, 5.41) is 10.2. The smallest absolute Gasteiger partial charge is 0.0548 e. The van der Waals surface area contributed by atoms with Crippen molar-refractivity contribution in [1.82, 2.24) is 9.13 Å². The maximum Gasteiger partial charge on any atom is 0.0548 e. The van der Waals surface area contributed by atoms with E-state index in [1.165, 1.54) is 102 Å². The Balaban J connectivity index is 1.07. The summed E-state index contributed by atoms with van der Waals surface area (Å²) in [6.07, 6.45) is 0. The number of aromatic nitrogens is 2. The second kappa shape index (κ2) is 11.8. The number of rotatable bonds is 4. The minimum absolute atomic E-state index is 1.16. The topological polar surface area (TPSA) is 9.86 Å². The molecule has 0 saturated carbocycles. The molecule has 55 heavy (non-hydrogen) atoms. The second-order valence-corrected chi connectivity index (χ2v) is 15.6. The maximum atomic E-state index is 2.45. The molecule has 12 rings (SSSR count). The summed E-state index contributed by atoms with van der Waals surface area (Å²) < 4.78 is 7.54. The maximum absolute atomic E-state index is 2.45. The highest BCUT2D eigenvalue weighted by Crippen LogP contribution is 2.43.